The van der Waals surface area contributed by atoms with Gasteiger partial charge in [-0.2, -0.15) is 0 Å². The van der Waals surface area contributed by atoms with E-state index in [-0.39, 0.29) is 12.2 Å². The first-order chi connectivity index (χ1) is 10.4. The smallest absolute Gasteiger partial charge is 0.410 e. The Morgan fingerprint density at radius 2 is 2.05 bits per heavy atom. The Kier molecular flexibility index (Phi) is 4.92. The molecule has 2 heterocycles. The number of rotatable bonds is 2. The predicted molar refractivity (Wildman–Crippen MR) is 83.6 cm³/mol. The lowest BCUT2D eigenvalue weighted by atomic mass is 10.1. The zero-order chi connectivity index (χ0) is 16.2. The summed E-state index contributed by atoms with van der Waals surface area (Å²) in [5.41, 5.74) is 0.126. The molecule has 22 heavy (non-hydrogen) atoms. The molecule has 0 radical (unpaired) electrons. The molecule has 5 heteroatoms. The second-order valence-electron chi connectivity index (χ2n) is 6.31. The summed E-state index contributed by atoms with van der Waals surface area (Å²) in [6, 6.07) is 3.58. The van der Waals surface area contributed by atoms with Gasteiger partial charge < -0.3 is 14.4 Å². The van der Waals surface area contributed by atoms with E-state index in [9.17, 15) is 4.79 Å². The van der Waals surface area contributed by atoms with Gasteiger partial charge in [0, 0.05) is 25.9 Å². The summed E-state index contributed by atoms with van der Waals surface area (Å²) in [7, 11) is 0. The van der Waals surface area contributed by atoms with Crippen molar-refractivity contribution in [2.24, 2.45) is 0 Å². The highest BCUT2D eigenvalue weighted by atomic mass is 16.6. The average Bonchev–Trinajstić information content (AvgIpc) is 2.47. The fourth-order valence-corrected chi connectivity index (χ4v) is 2.21. The van der Waals surface area contributed by atoms with Crippen molar-refractivity contribution in [1.29, 1.82) is 0 Å². The van der Waals surface area contributed by atoms with E-state index < -0.39 is 5.60 Å². The van der Waals surface area contributed by atoms with Gasteiger partial charge in [0.1, 0.15) is 23.1 Å². The molecule has 1 aliphatic heterocycles. The summed E-state index contributed by atoms with van der Waals surface area (Å²) in [6.07, 6.45) is 8.27. The topological polar surface area (TPSA) is 51.7 Å². The van der Waals surface area contributed by atoms with Crippen LogP contribution >= 0.6 is 0 Å². The Balaban J connectivity index is 1.82. The van der Waals surface area contributed by atoms with Crippen molar-refractivity contribution in [3.63, 3.8) is 0 Å². The monoisotopic (exact) mass is 302 g/mol. The highest BCUT2D eigenvalue weighted by molar-refractivity contribution is 5.68. The third kappa shape index (κ3) is 4.66. The summed E-state index contributed by atoms with van der Waals surface area (Å²) in [4.78, 5) is 17.8. The minimum atomic E-state index is -0.463. The largest absolute Gasteiger partial charge is 0.489 e. The fourth-order valence-electron chi connectivity index (χ4n) is 2.21. The Morgan fingerprint density at radius 1 is 1.36 bits per heavy atom. The third-order valence-electron chi connectivity index (χ3n) is 3.28. The van der Waals surface area contributed by atoms with Crippen LogP contribution < -0.4 is 4.74 Å². The molecular formula is C17H22N2O3. The molecule has 1 aromatic heterocycles. The number of hydrogen-bond acceptors (Lipinski definition) is 4. The molecule has 1 amide bonds. The van der Waals surface area contributed by atoms with Crippen LogP contribution in [0.1, 0.15) is 39.3 Å². The molecule has 118 valence electrons. The van der Waals surface area contributed by atoms with Crippen LogP contribution in [-0.4, -0.2) is 40.8 Å². The second-order valence-corrected chi connectivity index (χ2v) is 6.31. The standard InChI is InChI=1S/C17H22N2O3/c1-5-13-6-7-15(12-18-13)21-14-8-10-19(11-9-14)16(20)22-17(2,3)4/h1,6-7,12,14H,8-11H2,2-4H3. The van der Waals surface area contributed by atoms with Crippen LogP contribution in [0.5, 0.6) is 5.75 Å². The molecule has 2 rings (SSSR count). The summed E-state index contributed by atoms with van der Waals surface area (Å²) in [5, 5.41) is 0. The molecular weight excluding hydrogens is 280 g/mol. The van der Waals surface area contributed by atoms with Gasteiger partial charge in [0.15, 0.2) is 0 Å². The zero-order valence-corrected chi connectivity index (χ0v) is 13.3. The highest BCUT2D eigenvalue weighted by Gasteiger charge is 2.27. The molecule has 1 aliphatic rings. The van der Waals surface area contributed by atoms with E-state index in [2.05, 4.69) is 10.9 Å². The number of hydrogen-bond donors (Lipinski definition) is 0. The molecule has 0 saturated carbocycles. The summed E-state index contributed by atoms with van der Waals surface area (Å²) in [6.45, 7) is 6.87. The van der Waals surface area contributed by atoms with Crippen LogP contribution in [0.4, 0.5) is 4.79 Å². The van der Waals surface area contributed by atoms with Gasteiger partial charge in [0.05, 0.1) is 6.20 Å². The van der Waals surface area contributed by atoms with Crippen molar-refractivity contribution in [3.8, 4) is 18.1 Å². The number of amides is 1. The number of pyridine rings is 1. The second kappa shape index (κ2) is 6.69. The van der Waals surface area contributed by atoms with Gasteiger partial charge >= 0.3 is 6.09 Å². The van der Waals surface area contributed by atoms with E-state index in [1.165, 1.54) is 0 Å². The normalized spacial score (nSPS) is 16.0. The Hall–Kier alpha value is -2.22. The number of nitrogens with zero attached hydrogens (tertiary/aromatic N) is 2. The number of carbonyl (C=O) groups is 1. The van der Waals surface area contributed by atoms with Crippen molar-refractivity contribution in [2.75, 3.05) is 13.1 Å². The minimum Gasteiger partial charge on any atom is -0.489 e. The van der Waals surface area contributed by atoms with Crippen LogP contribution in [0, 0.1) is 12.3 Å². The molecule has 1 aromatic rings. The summed E-state index contributed by atoms with van der Waals surface area (Å²) < 4.78 is 11.2. The lowest BCUT2D eigenvalue weighted by Crippen LogP contribution is -2.44. The van der Waals surface area contributed by atoms with Gasteiger partial charge in [-0.3, -0.25) is 0 Å². The van der Waals surface area contributed by atoms with Crippen molar-refractivity contribution in [1.82, 2.24) is 9.88 Å². The number of aromatic nitrogens is 1. The van der Waals surface area contributed by atoms with Crippen LogP contribution in [0.2, 0.25) is 0 Å². The Labute approximate surface area is 131 Å². The zero-order valence-electron chi connectivity index (χ0n) is 13.3. The number of likely N-dealkylation sites (tertiary alicyclic amines) is 1. The quantitative estimate of drug-likeness (QED) is 0.788. The lowest BCUT2D eigenvalue weighted by molar-refractivity contribution is 0.0126. The maximum atomic E-state index is 12.0. The van der Waals surface area contributed by atoms with Crippen LogP contribution in [0.15, 0.2) is 18.3 Å². The molecule has 1 fully saturated rings. The first-order valence-corrected chi connectivity index (χ1v) is 7.44. The maximum Gasteiger partial charge on any atom is 0.410 e. The van der Waals surface area contributed by atoms with Crippen LogP contribution in [0.3, 0.4) is 0 Å². The van der Waals surface area contributed by atoms with Crippen molar-refractivity contribution < 1.29 is 14.3 Å². The average molecular weight is 302 g/mol. The van der Waals surface area contributed by atoms with Gasteiger partial charge in [0.25, 0.3) is 0 Å². The summed E-state index contributed by atoms with van der Waals surface area (Å²) >= 11 is 0. The van der Waals surface area contributed by atoms with E-state index in [0.29, 0.717) is 24.5 Å². The van der Waals surface area contributed by atoms with E-state index in [1.54, 1.807) is 17.2 Å². The predicted octanol–water partition coefficient (Wildman–Crippen LogP) is 2.84. The van der Waals surface area contributed by atoms with Crippen molar-refractivity contribution >= 4 is 6.09 Å². The molecule has 0 bridgehead atoms. The first-order valence-electron chi connectivity index (χ1n) is 7.44. The van der Waals surface area contributed by atoms with Gasteiger partial charge in [-0.15, -0.1) is 6.42 Å². The third-order valence-corrected chi connectivity index (χ3v) is 3.28. The van der Waals surface area contributed by atoms with E-state index >= 15 is 0 Å². The molecule has 0 aromatic carbocycles. The Bertz CT molecular complexity index is 547. The fraction of sp³-hybridized carbons (Fsp3) is 0.529. The van der Waals surface area contributed by atoms with E-state index in [4.69, 9.17) is 15.9 Å². The van der Waals surface area contributed by atoms with Crippen molar-refractivity contribution in [3.05, 3.63) is 24.0 Å². The Morgan fingerprint density at radius 3 is 2.55 bits per heavy atom. The molecule has 5 nitrogen and oxygen atoms in total. The molecule has 0 unspecified atom stereocenters. The number of ether oxygens (including phenoxy) is 2. The lowest BCUT2D eigenvalue weighted by Gasteiger charge is -2.33. The highest BCUT2D eigenvalue weighted by Crippen LogP contribution is 2.20. The van der Waals surface area contributed by atoms with Gasteiger partial charge in [0.2, 0.25) is 0 Å². The first kappa shape index (κ1) is 16.2. The summed E-state index contributed by atoms with van der Waals surface area (Å²) in [5.74, 6) is 3.17. The number of piperidine rings is 1. The van der Waals surface area contributed by atoms with E-state index in [1.807, 2.05) is 26.8 Å². The number of carbonyl (C=O) groups excluding carboxylic acids is 1. The molecule has 0 aliphatic carbocycles. The van der Waals surface area contributed by atoms with Gasteiger partial charge in [-0.05, 0) is 32.9 Å². The van der Waals surface area contributed by atoms with Gasteiger partial charge in [-0.1, -0.05) is 5.92 Å². The maximum absolute atomic E-state index is 12.0. The molecule has 0 N–H and O–H groups in total. The van der Waals surface area contributed by atoms with E-state index in [0.717, 1.165) is 12.8 Å². The van der Waals surface area contributed by atoms with Crippen LogP contribution in [-0.2, 0) is 4.74 Å². The van der Waals surface area contributed by atoms with Crippen molar-refractivity contribution in [2.45, 2.75) is 45.3 Å². The molecule has 0 spiro atoms. The van der Waals surface area contributed by atoms with Crippen LogP contribution in [0.25, 0.3) is 0 Å². The van der Waals surface area contributed by atoms with Gasteiger partial charge in [-0.25, -0.2) is 9.78 Å². The minimum absolute atomic E-state index is 0.0807. The molecule has 1 saturated heterocycles. The number of terminal acetylenes is 1. The SMILES string of the molecule is C#Cc1ccc(OC2CCN(C(=O)OC(C)(C)C)CC2)cn1. The molecule has 0 atom stereocenters.